The highest BCUT2D eigenvalue weighted by atomic mass is 32.1. The van der Waals surface area contributed by atoms with Gasteiger partial charge >= 0.3 is 0 Å². The van der Waals surface area contributed by atoms with Crippen LogP contribution in [0.4, 0.5) is 5.69 Å². The van der Waals surface area contributed by atoms with Gasteiger partial charge in [0.2, 0.25) is 5.88 Å². The van der Waals surface area contributed by atoms with Crippen molar-refractivity contribution in [2.24, 2.45) is 17.8 Å². The van der Waals surface area contributed by atoms with Crippen molar-refractivity contribution in [1.82, 2.24) is 14.7 Å². The number of aliphatic imine (C=N–C) groups is 1. The van der Waals surface area contributed by atoms with Gasteiger partial charge in [0.15, 0.2) is 5.69 Å². The van der Waals surface area contributed by atoms with E-state index in [0.29, 0.717) is 11.4 Å². The Balaban J connectivity index is 3.19. The van der Waals surface area contributed by atoms with Gasteiger partial charge in [0.25, 0.3) is 0 Å². The van der Waals surface area contributed by atoms with Crippen LogP contribution in [0.25, 0.3) is 0 Å². The molecule has 7 heteroatoms. The monoisotopic (exact) mass is 227 g/mol. The number of nitrogens with two attached hydrogens (primary N) is 1. The highest BCUT2D eigenvalue weighted by Crippen LogP contribution is 2.29. The first kappa shape index (κ1) is 11.4. The predicted molar refractivity (Wildman–Crippen MR) is 62.6 cm³/mol. The van der Waals surface area contributed by atoms with Gasteiger partial charge in [0.05, 0.1) is 6.34 Å². The molecule has 0 saturated carbocycles. The van der Waals surface area contributed by atoms with Crippen LogP contribution in [0.3, 0.4) is 0 Å². The molecular weight excluding hydrogens is 214 g/mol. The fourth-order valence-electron chi connectivity index (χ4n) is 0.962. The second-order valence-electron chi connectivity index (χ2n) is 3.22. The molecule has 0 aliphatic heterocycles. The van der Waals surface area contributed by atoms with Crippen LogP contribution in [-0.4, -0.2) is 45.2 Å². The molecule has 15 heavy (non-hydrogen) atoms. The van der Waals surface area contributed by atoms with Gasteiger partial charge < -0.3 is 15.7 Å². The molecule has 1 aromatic heterocycles. The molecule has 0 radical (unpaired) electrons. The summed E-state index contributed by atoms with van der Waals surface area (Å²) < 4.78 is 1.27. The highest BCUT2D eigenvalue weighted by Gasteiger charge is 2.16. The number of hydrogen-bond donors (Lipinski definition) is 2. The second kappa shape index (κ2) is 4.26. The summed E-state index contributed by atoms with van der Waals surface area (Å²) in [5.74, 6) is -0.0594. The minimum atomic E-state index is -0.0594. The Kier molecular flexibility index (Phi) is 3.25. The van der Waals surface area contributed by atoms with Crippen LogP contribution >= 0.6 is 12.2 Å². The third-order valence-corrected chi connectivity index (χ3v) is 1.84. The Labute approximate surface area is 93.0 Å². The molecule has 0 spiro atoms. The summed E-state index contributed by atoms with van der Waals surface area (Å²) in [4.78, 5) is 5.89. The second-order valence-corrected chi connectivity index (χ2v) is 3.66. The van der Waals surface area contributed by atoms with Gasteiger partial charge in [0.1, 0.15) is 10.7 Å². The van der Waals surface area contributed by atoms with Crippen molar-refractivity contribution in [1.29, 1.82) is 0 Å². The summed E-state index contributed by atoms with van der Waals surface area (Å²) in [6.45, 7) is 0. The van der Waals surface area contributed by atoms with Crippen molar-refractivity contribution in [2.75, 3.05) is 14.1 Å². The van der Waals surface area contributed by atoms with Gasteiger partial charge in [-0.15, -0.1) is 0 Å². The SMILES string of the molecule is CN(C)/C=N/c1c(C(N)=S)nn(C)c1O. The predicted octanol–water partition coefficient (Wildman–Crippen LogP) is -0.0187. The number of aromatic nitrogens is 2. The number of hydrogen-bond acceptors (Lipinski definition) is 4. The van der Waals surface area contributed by atoms with E-state index < -0.39 is 0 Å². The quantitative estimate of drug-likeness (QED) is 0.431. The van der Waals surface area contributed by atoms with Crippen molar-refractivity contribution >= 4 is 29.2 Å². The minimum absolute atomic E-state index is 0.0594. The maximum Gasteiger partial charge on any atom is 0.236 e. The lowest BCUT2D eigenvalue weighted by Crippen LogP contribution is -2.11. The zero-order valence-corrected chi connectivity index (χ0v) is 9.62. The Bertz CT molecular complexity index is 409. The fraction of sp³-hybridized carbons (Fsp3) is 0.375. The van der Waals surface area contributed by atoms with E-state index in [1.807, 2.05) is 14.1 Å². The molecular formula is C8H13N5OS. The number of aryl methyl sites for hydroxylation is 1. The molecule has 1 aromatic rings. The summed E-state index contributed by atoms with van der Waals surface area (Å²) in [7, 11) is 5.22. The van der Waals surface area contributed by atoms with Crippen molar-refractivity contribution in [3.05, 3.63) is 5.69 Å². The molecule has 0 aliphatic carbocycles. The van der Waals surface area contributed by atoms with Crippen molar-refractivity contribution in [2.45, 2.75) is 0 Å². The van der Waals surface area contributed by atoms with Gasteiger partial charge in [-0.1, -0.05) is 12.2 Å². The molecule has 0 bridgehead atoms. The summed E-state index contributed by atoms with van der Waals surface area (Å²) in [5, 5.41) is 13.6. The van der Waals surface area contributed by atoms with E-state index >= 15 is 0 Å². The summed E-state index contributed by atoms with van der Waals surface area (Å²) >= 11 is 4.81. The fourth-order valence-corrected chi connectivity index (χ4v) is 1.10. The maximum atomic E-state index is 9.63. The van der Waals surface area contributed by atoms with Gasteiger partial charge in [-0.3, -0.25) is 0 Å². The van der Waals surface area contributed by atoms with Gasteiger partial charge in [-0.05, 0) is 0 Å². The van der Waals surface area contributed by atoms with E-state index in [0.717, 1.165) is 0 Å². The number of nitrogens with zero attached hydrogens (tertiary/aromatic N) is 4. The Morgan fingerprint density at radius 2 is 2.27 bits per heavy atom. The summed E-state index contributed by atoms with van der Waals surface area (Å²) in [6, 6.07) is 0. The molecule has 3 N–H and O–H groups in total. The van der Waals surface area contributed by atoms with E-state index in [1.54, 1.807) is 18.3 Å². The van der Waals surface area contributed by atoms with E-state index in [1.165, 1.54) is 4.68 Å². The molecule has 0 aliphatic rings. The van der Waals surface area contributed by atoms with Gasteiger partial charge in [0, 0.05) is 21.1 Å². The first-order valence-corrected chi connectivity index (χ1v) is 4.60. The van der Waals surface area contributed by atoms with E-state index in [2.05, 4.69) is 10.1 Å². The van der Waals surface area contributed by atoms with Crippen LogP contribution in [0.5, 0.6) is 5.88 Å². The molecule has 0 amide bonds. The molecule has 0 saturated heterocycles. The third-order valence-electron chi connectivity index (χ3n) is 1.64. The topological polar surface area (TPSA) is 79.7 Å². The zero-order valence-electron chi connectivity index (χ0n) is 8.80. The normalized spacial score (nSPS) is 10.9. The van der Waals surface area contributed by atoms with Crippen molar-refractivity contribution in [3.8, 4) is 5.88 Å². The molecule has 1 rings (SSSR count). The molecule has 0 aromatic carbocycles. The smallest absolute Gasteiger partial charge is 0.236 e. The number of thiocarbonyl (C=S) groups is 1. The molecule has 0 fully saturated rings. The standard InChI is InChI=1S/C8H13N5OS/c1-12(2)4-10-6-5(7(9)15)11-13(3)8(6)14/h4,14H,1-3H3,(H2,9,15)/b10-4+. The molecule has 6 nitrogen and oxygen atoms in total. The zero-order chi connectivity index (χ0) is 11.6. The van der Waals surface area contributed by atoms with Gasteiger partial charge in [-0.25, -0.2) is 9.67 Å². The highest BCUT2D eigenvalue weighted by molar-refractivity contribution is 7.80. The minimum Gasteiger partial charge on any atom is -0.492 e. The maximum absolute atomic E-state index is 9.63. The Hall–Kier alpha value is -1.63. The van der Waals surface area contributed by atoms with E-state index in [-0.39, 0.29) is 10.9 Å². The lowest BCUT2D eigenvalue weighted by molar-refractivity contribution is 0.420. The average Bonchev–Trinajstić information content (AvgIpc) is 2.41. The van der Waals surface area contributed by atoms with Crippen molar-refractivity contribution < 1.29 is 5.11 Å². The lowest BCUT2D eigenvalue weighted by atomic mass is 10.3. The van der Waals surface area contributed by atoms with Crippen LogP contribution < -0.4 is 5.73 Å². The molecule has 0 unspecified atom stereocenters. The van der Waals surface area contributed by atoms with E-state index in [4.69, 9.17) is 18.0 Å². The first-order valence-electron chi connectivity index (χ1n) is 4.20. The average molecular weight is 227 g/mol. The van der Waals surface area contributed by atoms with Crippen LogP contribution in [-0.2, 0) is 7.05 Å². The van der Waals surface area contributed by atoms with Crippen LogP contribution in [0.2, 0.25) is 0 Å². The summed E-state index contributed by atoms with van der Waals surface area (Å²) in [5.41, 5.74) is 6.07. The largest absolute Gasteiger partial charge is 0.492 e. The number of rotatable bonds is 3. The molecule has 82 valence electrons. The van der Waals surface area contributed by atoms with Crippen LogP contribution in [0.1, 0.15) is 5.69 Å². The van der Waals surface area contributed by atoms with Gasteiger partial charge in [-0.2, -0.15) is 5.10 Å². The molecule has 1 heterocycles. The lowest BCUT2D eigenvalue weighted by Gasteiger charge is -2.02. The van der Waals surface area contributed by atoms with Crippen molar-refractivity contribution in [3.63, 3.8) is 0 Å². The molecule has 0 atom stereocenters. The Morgan fingerprint density at radius 1 is 1.67 bits per heavy atom. The first-order chi connectivity index (χ1) is 6.93. The van der Waals surface area contributed by atoms with Crippen LogP contribution in [0, 0.1) is 0 Å². The summed E-state index contributed by atoms with van der Waals surface area (Å²) in [6.07, 6.45) is 1.54. The van der Waals surface area contributed by atoms with E-state index in [9.17, 15) is 5.11 Å². The Morgan fingerprint density at radius 3 is 2.73 bits per heavy atom. The van der Waals surface area contributed by atoms with Crippen LogP contribution in [0.15, 0.2) is 4.99 Å². The number of aromatic hydroxyl groups is 1. The third kappa shape index (κ3) is 2.44.